The van der Waals surface area contributed by atoms with E-state index >= 15 is 0 Å². The molecular weight excluding hydrogens is 973 g/mol. The molecule has 15 nitrogen and oxygen atoms in total. The van der Waals surface area contributed by atoms with Crippen molar-refractivity contribution in [1.82, 2.24) is 0 Å². The minimum absolute atomic E-state index is 0.164. The summed E-state index contributed by atoms with van der Waals surface area (Å²) >= 11 is 0. The number of hydrogen-bond donors (Lipinski definition) is 7. The molecule has 0 aliphatic carbocycles. The fourth-order valence-electron chi connectivity index (χ4n) is 9.64. The highest BCUT2D eigenvalue weighted by Gasteiger charge is 2.47. The minimum Gasteiger partial charge on any atom is -0.462 e. The highest BCUT2D eigenvalue weighted by Crippen LogP contribution is 2.27. The van der Waals surface area contributed by atoms with Crippen molar-refractivity contribution < 1.29 is 73.8 Å². The first-order valence-corrected chi connectivity index (χ1v) is 30.6. The lowest BCUT2D eigenvalue weighted by Crippen LogP contribution is -2.61. The van der Waals surface area contributed by atoms with Crippen molar-refractivity contribution in [3.8, 4) is 0 Å². The Hall–Kier alpha value is -2.28. The average molecular weight is 1080 g/mol. The molecule has 0 saturated carbocycles. The van der Waals surface area contributed by atoms with E-state index in [9.17, 15) is 45.3 Å². The van der Waals surface area contributed by atoms with Gasteiger partial charge in [-0.05, 0) is 51.4 Å². The van der Waals surface area contributed by atoms with Crippen LogP contribution >= 0.6 is 0 Å². The molecule has 2 rings (SSSR count). The second-order valence-corrected chi connectivity index (χ2v) is 21.5. The number of hydrogen-bond acceptors (Lipinski definition) is 15. The molecule has 2 aliphatic heterocycles. The van der Waals surface area contributed by atoms with E-state index in [-0.39, 0.29) is 26.1 Å². The predicted molar refractivity (Wildman–Crippen MR) is 298 cm³/mol. The van der Waals surface area contributed by atoms with Crippen molar-refractivity contribution >= 4 is 11.9 Å². The molecule has 0 bridgehead atoms. The van der Waals surface area contributed by atoms with Gasteiger partial charge in [0.1, 0.15) is 55.4 Å². The second-order valence-electron chi connectivity index (χ2n) is 21.5. The standard InChI is InChI=1S/C61H110O15/c1-3-5-7-9-11-13-15-17-19-21-22-23-24-25-26-28-30-32-34-36-38-40-42-44-53(64)74-49(46-71-52(63)43-41-39-37-35-33-31-29-27-20-18-16-14-12-10-8-6-4-2)47-72-60-59(70)57(68)55(66)51(76-60)48-73-61-58(69)56(67)54(65)50(45-62)75-61/h12,14,18,20,29,31,49-51,54-62,65-70H,3-11,13,15-17,19,21-28,30,32-48H2,1-2H3/b14-12+,20-18+,31-29+/t49-,50+,51+,54-,55-,56?,57?,58?,59?,60+,61+/m1/s1. The summed E-state index contributed by atoms with van der Waals surface area (Å²) < 4.78 is 33.7. The van der Waals surface area contributed by atoms with Gasteiger partial charge in [0, 0.05) is 12.8 Å². The lowest BCUT2D eigenvalue weighted by molar-refractivity contribution is -0.332. The molecule has 2 heterocycles. The summed E-state index contributed by atoms with van der Waals surface area (Å²) in [5.41, 5.74) is 0. The Morgan fingerprint density at radius 3 is 1.26 bits per heavy atom. The summed E-state index contributed by atoms with van der Waals surface area (Å²) in [5, 5.41) is 72.3. The molecule has 0 aromatic carbocycles. The Morgan fingerprint density at radius 1 is 0.421 bits per heavy atom. The van der Waals surface area contributed by atoms with E-state index in [0.29, 0.717) is 12.8 Å². The first-order valence-electron chi connectivity index (χ1n) is 30.6. The van der Waals surface area contributed by atoms with Gasteiger partial charge in [-0.3, -0.25) is 9.59 Å². The third-order valence-corrected chi connectivity index (χ3v) is 14.6. The monoisotopic (exact) mass is 1080 g/mol. The highest BCUT2D eigenvalue weighted by molar-refractivity contribution is 5.70. The lowest BCUT2D eigenvalue weighted by Gasteiger charge is -2.42. The van der Waals surface area contributed by atoms with Gasteiger partial charge in [0.05, 0.1) is 19.8 Å². The molecule has 0 amide bonds. The van der Waals surface area contributed by atoms with Gasteiger partial charge in [0.25, 0.3) is 0 Å². The number of esters is 2. The van der Waals surface area contributed by atoms with Gasteiger partial charge < -0.3 is 64.2 Å². The summed E-state index contributed by atoms with van der Waals surface area (Å²) in [7, 11) is 0. The van der Waals surface area contributed by atoms with E-state index in [1.54, 1.807) is 0 Å². The topological polar surface area (TPSA) is 231 Å². The van der Waals surface area contributed by atoms with E-state index in [2.05, 4.69) is 50.3 Å². The number of rotatable bonds is 49. The van der Waals surface area contributed by atoms with E-state index < -0.39 is 92.7 Å². The molecule has 2 fully saturated rings. The van der Waals surface area contributed by atoms with Crippen molar-refractivity contribution in [3.63, 3.8) is 0 Å². The Bertz CT molecular complexity index is 1460. The molecule has 2 saturated heterocycles. The van der Waals surface area contributed by atoms with Gasteiger partial charge in [-0.25, -0.2) is 0 Å². The van der Waals surface area contributed by atoms with Crippen molar-refractivity contribution in [1.29, 1.82) is 0 Å². The summed E-state index contributed by atoms with van der Waals surface area (Å²) in [6, 6.07) is 0. The van der Waals surface area contributed by atoms with Crippen molar-refractivity contribution in [2.75, 3.05) is 26.4 Å². The van der Waals surface area contributed by atoms with E-state index in [0.717, 1.165) is 64.2 Å². The Kier molecular flexibility index (Phi) is 43.7. The SMILES string of the molecule is CCCCC/C=C/C/C=C/C/C=C/CCCCCCC(=O)OC[C@H](CO[C@H]1O[C@@H](CO[C@H]2O[C@@H](CO)[C@@H](O)C(O)C2O)[C@@H](O)C(O)C1O)OC(=O)CCCCCCCCCCCCCCCCCCCCCCCCC. The minimum atomic E-state index is -1.77. The number of allylic oxidation sites excluding steroid dienone is 6. The molecular formula is C61H110O15. The number of ether oxygens (including phenoxy) is 6. The number of aliphatic hydroxyl groups excluding tert-OH is 7. The van der Waals surface area contributed by atoms with E-state index in [1.165, 1.54) is 141 Å². The van der Waals surface area contributed by atoms with Crippen LogP contribution in [0.4, 0.5) is 0 Å². The van der Waals surface area contributed by atoms with Crippen LogP contribution in [0.2, 0.25) is 0 Å². The number of aliphatic hydroxyl groups is 7. The third kappa shape index (κ3) is 34.0. The van der Waals surface area contributed by atoms with Crippen LogP contribution in [0.15, 0.2) is 36.5 Å². The maximum atomic E-state index is 13.1. The number of carbonyl (C=O) groups excluding carboxylic acids is 2. The number of carbonyl (C=O) groups is 2. The quantitative estimate of drug-likeness (QED) is 0.0171. The molecule has 4 unspecified atom stereocenters. The molecule has 0 radical (unpaired) electrons. The molecule has 76 heavy (non-hydrogen) atoms. The van der Waals surface area contributed by atoms with Crippen LogP contribution in [0.3, 0.4) is 0 Å². The molecule has 15 heteroatoms. The molecule has 444 valence electrons. The average Bonchev–Trinajstić information content (AvgIpc) is 3.42. The fraction of sp³-hybridized carbons (Fsp3) is 0.869. The zero-order chi connectivity index (χ0) is 55.3. The van der Waals surface area contributed by atoms with Crippen LogP contribution in [0.25, 0.3) is 0 Å². The van der Waals surface area contributed by atoms with Crippen LogP contribution in [-0.2, 0) is 38.0 Å². The van der Waals surface area contributed by atoms with Crippen molar-refractivity contribution in [3.05, 3.63) is 36.5 Å². The normalized spacial score (nSPS) is 24.5. The summed E-state index contributed by atoms with van der Waals surface area (Å²) in [6.45, 7) is 2.59. The molecule has 2 aliphatic rings. The predicted octanol–water partition coefficient (Wildman–Crippen LogP) is 10.8. The summed E-state index contributed by atoms with van der Waals surface area (Å²) in [6.07, 6.45) is 37.4. The van der Waals surface area contributed by atoms with Gasteiger partial charge in [0.15, 0.2) is 18.7 Å². The van der Waals surface area contributed by atoms with Crippen LogP contribution in [0.5, 0.6) is 0 Å². The zero-order valence-electron chi connectivity index (χ0n) is 47.5. The molecule has 0 aromatic heterocycles. The molecule has 7 N–H and O–H groups in total. The second kappa shape index (κ2) is 47.5. The number of unbranched alkanes of at least 4 members (excludes halogenated alkanes) is 29. The first-order chi connectivity index (χ1) is 37.0. The maximum absolute atomic E-state index is 13.1. The maximum Gasteiger partial charge on any atom is 0.306 e. The third-order valence-electron chi connectivity index (χ3n) is 14.6. The molecule has 11 atom stereocenters. The van der Waals surface area contributed by atoms with E-state index in [1.807, 2.05) is 0 Å². The highest BCUT2D eigenvalue weighted by atomic mass is 16.7. The van der Waals surface area contributed by atoms with Gasteiger partial charge in [-0.1, -0.05) is 217 Å². The Morgan fingerprint density at radius 2 is 0.789 bits per heavy atom. The van der Waals surface area contributed by atoms with Crippen LogP contribution in [-0.4, -0.2) is 142 Å². The summed E-state index contributed by atoms with van der Waals surface area (Å²) in [5.74, 6) is -0.939. The van der Waals surface area contributed by atoms with Crippen LogP contribution < -0.4 is 0 Å². The largest absolute Gasteiger partial charge is 0.462 e. The van der Waals surface area contributed by atoms with Gasteiger partial charge in [-0.15, -0.1) is 0 Å². The first kappa shape index (κ1) is 69.8. The van der Waals surface area contributed by atoms with Crippen LogP contribution in [0.1, 0.15) is 245 Å². The van der Waals surface area contributed by atoms with Gasteiger partial charge in [-0.2, -0.15) is 0 Å². The molecule has 0 aromatic rings. The Labute approximate surface area is 459 Å². The van der Waals surface area contributed by atoms with Crippen molar-refractivity contribution in [2.45, 2.75) is 313 Å². The zero-order valence-corrected chi connectivity index (χ0v) is 47.5. The van der Waals surface area contributed by atoms with E-state index in [4.69, 9.17) is 28.4 Å². The lowest BCUT2D eigenvalue weighted by atomic mass is 9.98. The van der Waals surface area contributed by atoms with Crippen molar-refractivity contribution in [2.24, 2.45) is 0 Å². The fourth-order valence-corrected chi connectivity index (χ4v) is 9.64. The summed E-state index contributed by atoms with van der Waals surface area (Å²) in [4.78, 5) is 25.9. The van der Waals surface area contributed by atoms with Gasteiger partial charge >= 0.3 is 11.9 Å². The van der Waals surface area contributed by atoms with Gasteiger partial charge in [0.2, 0.25) is 0 Å². The smallest absolute Gasteiger partial charge is 0.306 e. The van der Waals surface area contributed by atoms with Crippen LogP contribution in [0, 0.1) is 0 Å². The molecule has 0 spiro atoms. The Balaban J connectivity index is 1.73.